The van der Waals surface area contributed by atoms with E-state index in [1.165, 1.54) is 6.07 Å². The van der Waals surface area contributed by atoms with Crippen LogP contribution in [-0.2, 0) is 10.1 Å². The van der Waals surface area contributed by atoms with Crippen molar-refractivity contribution in [3.63, 3.8) is 0 Å². The topological polar surface area (TPSA) is 136 Å². The number of hydrogen-bond donors (Lipinski definition) is 3. The lowest BCUT2D eigenvalue weighted by molar-refractivity contribution is -0.384. The summed E-state index contributed by atoms with van der Waals surface area (Å²) in [6.07, 6.45) is 0. The average molecular weight is 309 g/mol. The van der Waals surface area contributed by atoms with Gasteiger partial charge in [0.2, 0.25) is 0 Å². The minimum Gasteiger partial charge on any atom is -0.399 e. The van der Waals surface area contributed by atoms with Crippen LogP contribution in [0.3, 0.4) is 0 Å². The Balaban J connectivity index is 2.44. The first-order chi connectivity index (χ1) is 9.77. The van der Waals surface area contributed by atoms with Crippen molar-refractivity contribution in [1.82, 2.24) is 0 Å². The van der Waals surface area contributed by atoms with Crippen LogP contribution in [-0.4, -0.2) is 17.9 Å². The highest BCUT2D eigenvalue weighted by Gasteiger charge is 2.19. The Morgan fingerprint density at radius 1 is 1.14 bits per heavy atom. The van der Waals surface area contributed by atoms with E-state index in [9.17, 15) is 18.5 Å². The van der Waals surface area contributed by atoms with Gasteiger partial charge in [0.15, 0.2) is 0 Å². The molecule has 0 atom stereocenters. The van der Waals surface area contributed by atoms with Crippen molar-refractivity contribution < 1.29 is 17.9 Å². The lowest BCUT2D eigenvalue weighted by atomic mass is 10.2. The van der Waals surface area contributed by atoms with Gasteiger partial charge in [-0.25, -0.2) is 0 Å². The quantitative estimate of drug-likeness (QED) is 0.341. The van der Waals surface area contributed by atoms with E-state index < -0.39 is 25.6 Å². The summed E-state index contributed by atoms with van der Waals surface area (Å²) in [5.74, 6) is 0. The molecule has 2 aromatic carbocycles. The van der Waals surface area contributed by atoms with Crippen LogP contribution < -0.4 is 11.1 Å². The maximum atomic E-state index is 11.0. The summed E-state index contributed by atoms with van der Waals surface area (Å²) < 4.78 is 30.9. The van der Waals surface area contributed by atoms with E-state index in [0.29, 0.717) is 11.4 Å². The van der Waals surface area contributed by atoms with E-state index in [4.69, 9.17) is 10.3 Å². The van der Waals surface area contributed by atoms with Crippen LogP contribution in [0.15, 0.2) is 47.4 Å². The third-order valence-electron chi connectivity index (χ3n) is 2.65. The van der Waals surface area contributed by atoms with Crippen molar-refractivity contribution in [3.8, 4) is 0 Å². The Labute approximate surface area is 120 Å². The molecule has 4 N–H and O–H groups in total. The Morgan fingerprint density at radius 2 is 1.76 bits per heavy atom. The van der Waals surface area contributed by atoms with Crippen LogP contribution in [0.4, 0.5) is 22.7 Å². The van der Waals surface area contributed by atoms with Gasteiger partial charge in [0.1, 0.15) is 10.6 Å². The van der Waals surface area contributed by atoms with Crippen LogP contribution in [0.25, 0.3) is 0 Å². The SMILES string of the molecule is Nc1ccc(Nc2ccc(S(=O)(=O)O)cc2[N+](=O)[O-])cc1. The van der Waals surface area contributed by atoms with Gasteiger partial charge in [-0.3, -0.25) is 14.7 Å². The van der Waals surface area contributed by atoms with Crippen molar-refractivity contribution in [3.05, 3.63) is 52.6 Å². The Morgan fingerprint density at radius 3 is 2.29 bits per heavy atom. The summed E-state index contributed by atoms with van der Waals surface area (Å²) in [7, 11) is -4.50. The number of anilines is 3. The highest BCUT2D eigenvalue weighted by molar-refractivity contribution is 7.85. The predicted octanol–water partition coefficient (Wildman–Crippen LogP) is 2.17. The molecule has 0 heterocycles. The number of hydrogen-bond acceptors (Lipinski definition) is 6. The first-order valence-corrected chi connectivity index (χ1v) is 7.10. The van der Waals surface area contributed by atoms with Gasteiger partial charge in [0, 0.05) is 17.4 Å². The van der Waals surface area contributed by atoms with Crippen molar-refractivity contribution >= 4 is 32.9 Å². The van der Waals surface area contributed by atoms with E-state index in [2.05, 4.69) is 5.32 Å². The molecule has 0 aliphatic carbocycles. The van der Waals surface area contributed by atoms with E-state index >= 15 is 0 Å². The van der Waals surface area contributed by atoms with Crippen molar-refractivity contribution in [2.45, 2.75) is 4.90 Å². The fraction of sp³-hybridized carbons (Fsp3) is 0. The van der Waals surface area contributed by atoms with Crippen LogP contribution in [0, 0.1) is 10.1 Å². The van der Waals surface area contributed by atoms with Crippen LogP contribution in [0.2, 0.25) is 0 Å². The van der Waals surface area contributed by atoms with E-state index in [1.54, 1.807) is 24.3 Å². The molecule has 0 amide bonds. The number of nitro groups is 1. The number of nitrogen functional groups attached to an aromatic ring is 1. The smallest absolute Gasteiger partial charge is 0.294 e. The summed E-state index contributed by atoms with van der Waals surface area (Å²) >= 11 is 0. The highest BCUT2D eigenvalue weighted by atomic mass is 32.2. The minimum atomic E-state index is -4.50. The lowest BCUT2D eigenvalue weighted by Gasteiger charge is -2.08. The molecule has 0 radical (unpaired) electrons. The largest absolute Gasteiger partial charge is 0.399 e. The van der Waals surface area contributed by atoms with Gasteiger partial charge >= 0.3 is 0 Å². The second-order valence-corrected chi connectivity index (χ2v) is 5.58. The minimum absolute atomic E-state index is 0.0946. The van der Waals surface area contributed by atoms with Gasteiger partial charge in [-0.2, -0.15) is 8.42 Å². The average Bonchev–Trinajstić information content (AvgIpc) is 2.40. The van der Waals surface area contributed by atoms with Gasteiger partial charge in [0.25, 0.3) is 15.8 Å². The summed E-state index contributed by atoms with van der Waals surface area (Å²) in [6, 6.07) is 9.53. The molecule has 9 heteroatoms. The predicted molar refractivity (Wildman–Crippen MR) is 77.0 cm³/mol. The summed E-state index contributed by atoms with van der Waals surface area (Å²) in [5, 5.41) is 13.8. The maximum Gasteiger partial charge on any atom is 0.294 e. The number of nitrogens with two attached hydrogens (primary N) is 1. The standard InChI is InChI=1S/C12H11N3O5S/c13-8-1-3-9(4-2-8)14-11-6-5-10(21(18,19)20)7-12(11)15(16)17/h1-7,14H,13H2,(H,18,19,20). The Hall–Kier alpha value is -2.65. The van der Waals surface area contributed by atoms with Crippen LogP contribution >= 0.6 is 0 Å². The van der Waals surface area contributed by atoms with Crippen molar-refractivity contribution in [2.75, 3.05) is 11.1 Å². The number of nitrogens with zero attached hydrogens (tertiary/aromatic N) is 1. The van der Waals surface area contributed by atoms with Crippen molar-refractivity contribution in [2.24, 2.45) is 0 Å². The van der Waals surface area contributed by atoms with Gasteiger partial charge in [0.05, 0.1) is 4.92 Å². The second-order valence-electron chi connectivity index (χ2n) is 4.16. The molecule has 2 aromatic rings. The monoisotopic (exact) mass is 309 g/mol. The molecule has 0 unspecified atom stereocenters. The summed E-state index contributed by atoms with van der Waals surface area (Å²) in [6.45, 7) is 0. The second kappa shape index (κ2) is 5.38. The molecule has 0 fully saturated rings. The van der Waals surface area contributed by atoms with Crippen LogP contribution in [0.5, 0.6) is 0 Å². The van der Waals surface area contributed by atoms with Gasteiger partial charge in [-0.1, -0.05) is 0 Å². The molecule has 21 heavy (non-hydrogen) atoms. The molecule has 0 saturated carbocycles. The first-order valence-electron chi connectivity index (χ1n) is 5.66. The molecular weight excluding hydrogens is 298 g/mol. The normalized spacial score (nSPS) is 11.1. The molecule has 0 aromatic heterocycles. The van der Waals surface area contributed by atoms with Gasteiger partial charge in [-0.15, -0.1) is 0 Å². The van der Waals surface area contributed by atoms with Gasteiger partial charge < -0.3 is 11.1 Å². The fourth-order valence-electron chi connectivity index (χ4n) is 1.65. The van der Waals surface area contributed by atoms with E-state index in [0.717, 1.165) is 12.1 Å². The Kier molecular flexibility index (Phi) is 3.78. The highest BCUT2D eigenvalue weighted by Crippen LogP contribution is 2.30. The summed E-state index contributed by atoms with van der Waals surface area (Å²) in [5.41, 5.74) is 6.25. The number of nitrogens with one attached hydrogen (secondary N) is 1. The van der Waals surface area contributed by atoms with Crippen LogP contribution in [0.1, 0.15) is 0 Å². The van der Waals surface area contributed by atoms with E-state index in [-0.39, 0.29) is 5.69 Å². The third-order valence-corrected chi connectivity index (χ3v) is 3.50. The van der Waals surface area contributed by atoms with Crippen molar-refractivity contribution in [1.29, 1.82) is 0 Å². The molecule has 0 aliphatic rings. The number of benzene rings is 2. The molecule has 0 bridgehead atoms. The summed E-state index contributed by atoms with van der Waals surface area (Å²) in [4.78, 5) is 9.73. The Bertz CT molecular complexity index is 787. The zero-order chi connectivity index (χ0) is 15.6. The zero-order valence-corrected chi connectivity index (χ0v) is 11.4. The third kappa shape index (κ3) is 3.46. The molecule has 110 valence electrons. The molecular formula is C12H11N3O5S. The van der Waals surface area contributed by atoms with Gasteiger partial charge in [-0.05, 0) is 36.4 Å². The number of rotatable bonds is 4. The molecule has 0 aliphatic heterocycles. The fourth-order valence-corrected chi connectivity index (χ4v) is 2.15. The number of nitro benzene ring substituents is 1. The first kappa shape index (κ1) is 14.8. The molecule has 0 saturated heterocycles. The maximum absolute atomic E-state index is 11.0. The lowest BCUT2D eigenvalue weighted by Crippen LogP contribution is -2.02. The molecule has 0 spiro atoms. The molecule has 2 rings (SSSR count). The van der Waals surface area contributed by atoms with E-state index in [1.807, 2.05) is 0 Å². The zero-order valence-electron chi connectivity index (χ0n) is 10.6. The molecule has 8 nitrogen and oxygen atoms in total.